The number of carbonyl (C=O) groups is 2. The second kappa shape index (κ2) is 11.8. The zero-order valence-electron chi connectivity index (χ0n) is 18.0. The van der Waals surface area contributed by atoms with Crippen molar-refractivity contribution < 1.29 is 64.3 Å². The summed E-state index contributed by atoms with van der Waals surface area (Å²) in [6.45, 7) is 1.01. The van der Waals surface area contributed by atoms with Gasteiger partial charge in [0.2, 0.25) is 5.91 Å². The lowest BCUT2D eigenvalue weighted by Gasteiger charge is -2.47. The zero-order chi connectivity index (χ0) is 25.0. The third kappa shape index (κ3) is 6.34. The average molecular weight is 484 g/mol. The van der Waals surface area contributed by atoms with Gasteiger partial charge in [-0.25, -0.2) is 0 Å². The number of hydrogen-bond acceptors (Lipinski definition) is 13. The van der Waals surface area contributed by atoms with E-state index in [1.165, 1.54) is 6.92 Å². The summed E-state index contributed by atoms with van der Waals surface area (Å²) in [6.07, 6.45) is -15.3. The van der Waals surface area contributed by atoms with Gasteiger partial charge in [0, 0.05) is 6.92 Å². The van der Waals surface area contributed by atoms with Gasteiger partial charge in [-0.1, -0.05) is 0 Å². The van der Waals surface area contributed by atoms with Crippen LogP contribution in [0.15, 0.2) is 0 Å². The molecule has 0 radical (unpaired) electrons. The van der Waals surface area contributed by atoms with Gasteiger partial charge in [0.15, 0.2) is 12.6 Å². The Morgan fingerprint density at radius 1 is 0.970 bits per heavy atom. The van der Waals surface area contributed by atoms with Gasteiger partial charge < -0.3 is 65.7 Å². The standard InChI is InChI=1S/C18H32N2O13/c1-5(9(19)16(28)29)30-17-10(20-6(2)23)15(12(25)8(4-22)31-17)33-18-14(27)13(26)11(24)7(3-21)32-18/h5,7-15,17-18,21-22,24-27H,3-4,19H2,1-2H3,(H,20,23)(H,28,29)/t5-,7?,8?,9+,10+,11+,12-,13+,14-,15-,17+,18+/m1/s1. The number of amides is 1. The van der Waals surface area contributed by atoms with E-state index in [0.29, 0.717) is 0 Å². The molecule has 0 aromatic carbocycles. The molecule has 0 saturated carbocycles. The van der Waals surface area contributed by atoms with Gasteiger partial charge in [-0.3, -0.25) is 9.59 Å². The van der Waals surface area contributed by atoms with Crippen LogP contribution in [0.25, 0.3) is 0 Å². The van der Waals surface area contributed by atoms with Crippen LogP contribution in [0.1, 0.15) is 13.8 Å². The molecule has 0 aromatic heterocycles. The summed E-state index contributed by atoms with van der Waals surface area (Å²) in [4.78, 5) is 23.0. The molecular formula is C18H32N2O13. The molecule has 15 heteroatoms. The predicted molar refractivity (Wildman–Crippen MR) is 104 cm³/mol. The van der Waals surface area contributed by atoms with Gasteiger partial charge in [0.1, 0.15) is 54.8 Å². The molecule has 0 bridgehead atoms. The van der Waals surface area contributed by atoms with Gasteiger partial charge in [-0.05, 0) is 6.92 Å². The van der Waals surface area contributed by atoms with Gasteiger partial charge in [0.25, 0.3) is 0 Å². The summed E-state index contributed by atoms with van der Waals surface area (Å²) < 4.78 is 22.0. The van der Waals surface area contributed by atoms with Crippen LogP contribution in [0, 0.1) is 0 Å². The minimum absolute atomic E-state index is 0.621. The van der Waals surface area contributed by atoms with Crippen molar-refractivity contribution in [2.75, 3.05) is 13.2 Å². The zero-order valence-corrected chi connectivity index (χ0v) is 18.0. The topological polar surface area (TPSA) is 251 Å². The van der Waals surface area contributed by atoms with Crippen molar-refractivity contribution in [1.82, 2.24) is 5.32 Å². The number of hydrogen-bond donors (Lipinski definition) is 9. The summed E-state index contributed by atoms with van der Waals surface area (Å²) in [5.74, 6) is -1.99. The Kier molecular flexibility index (Phi) is 9.89. The Hall–Kier alpha value is -1.50. The van der Waals surface area contributed by atoms with Crippen LogP contribution >= 0.6 is 0 Å². The number of nitrogens with one attached hydrogen (secondary N) is 1. The molecule has 12 atom stereocenters. The number of aliphatic hydroxyl groups excluding tert-OH is 6. The number of aliphatic hydroxyl groups is 6. The van der Waals surface area contributed by atoms with Crippen molar-refractivity contribution in [3.8, 4) is 0 Å². The Morgan fingerprint density at radius 3 is 2.03 bits per heavy atom. The van der Waals surface area contributed by atoms with Crippen molar-refractivity contribution in [3.63, 3.8) is 0 Å². The molecule has 2 aliphatic rings. The summed E-state index contributed by atoms with van der Waals surface area (Å²) in [5.41, 5.74) is 5.55. The second-order valence-electron chi connectivity index (χ2n) is 7.95. The summed E-state index contributed by atoms with van der Waals surface area (Å²) in [5, 5.41) is 71.4. The first kappa shape index (κ1) is 27.7. The summed E-state index contributed by atoms with van der Waals surface area (Å²) in [7, 11) is 0. The molecule has 2 rings (SSSR count). The fourth-order valence-corrected chi connectivity index (χ4v) is 3.57. The molecule has 192 valence electrons. The van der Waals surface area contributed by atoms with E-state index in [9.17, 15) is 40.2 Å². The number of carboxylic acid groups (broad SMARTS) is 1. The van der Waals surface area contributed by atoms with Gasteiger partial charge in [-0.15, -0.1) is 0 Å². The number of ether oxygens (including phenoxy) is 4. The van der Waals surface area contributed by atoms with Gasteiger partial charge in [-0.2, -0.15) is 0 Å². The van der Waals surface area contributed by atoms with E-state index in [1.807, 2.05) is 0 Å². The molecule has 1 amide bonds. The van der Waals surface area contributed by atoms with E-state index in [0.717, 1.165) is 6.92 Å². The lowest BCUT2D eigenvalue weighted by atomic mass is 9.95. The molecule has 0 aromatic rings. The minimum Gasteiger partial charge on any atom is -0.480 e. The highest BCUT2D eigenvalue weighted by Gasteiger charge is 2.52. The van der Waals surface area contributed by atoms with Gasteiger partial charge >= 0.3 is 5.97 Å². The molecule has 2 aliphatic heterocycles. The fraction of sp³-hybridized carbons (Fsp3) is 0.889. The lowest BCUT2D eigenvalue weighted by molar-refractivity contribution is -0.347. The van der Waals surface area contributed by atoms with Crippen LogP contribution in [0.4, 0.5) is 0 Å². The largest absolute Gasteiger partial charge is 0.480 e. The highest BCUT2D eigenvalue weighted by molar-refractivity contribution is 5.74. The van der Waals surface area contributed by atoms with Crippen molar-refractivity contribution in [2.24, 2.45) is 5.73 Å². The summed E-state index contributed by atoms with van der Waals surface area (Å²) in [6, 6.07) is -2.80. The SMILES string of the molecule is CC(=O)N[C@@H]1[C@@H](O[C@H](C)[C@H](N)C(=O)O)OC(CO)[C@@H](O)[C@@H]1O[C@@H]1OC(CO)[C@H](O)[C@H](O)[C@H]1O. The van der Waals surface area contributed by atoms with E-state index in [-0.39, 0.29) is 0 Å². The highest BCUT2D eigenvalue weighted by atomic mass is 16.7. The first-order valence-electron chi connectivity index (χ1n) is 10.2. The maximum Gasteiger partial charge on any atom is 0.323 e. The fourth-order valence-electron chi connectivity index (χ4n) is 3.57. The first-order valence-corrected chi connectivity index (χ1v) is 10.2. The van der Waals surface area contributed by atoms with E-state index in [2.05, 4.69) is 5.32 Å². The Bertz CT molecular complexity index is 667. The molecule has 2 saturated heterocycles. The number of nitrogens with two attached hydrogens (primary N) is 1. The van der Waals surface area contributed by atoms with E-state index < -0.39 is 98.6 Å². The van der Waals surface area contributed by atoms with E-state index in [1.54, 1.807) is 0 Å². The third-order valence-electron chi connectivity index (χ3n) is 5.50. The lowest BCUT2D eigenvalue weighted by Crippen LogP contribution is -2.68. The molecule has 2 unspecified atom stereocenters. The normalized spacial score (nSPS) is 41.2. The van der Waals surface area contributed by atoms with E-state index in [4.69, 9.17) is 29.8 Å². The molecule has 0 spiro atoms. The minimum atomic E-state index is -1.82. The number of carboxylic acids is 1. The maximum atomic E-state index is 11.8. The quantitative estimate of drug-likeness (QED) is 0.148. The second-order valence-corrected chi connectivity index (χ2v) is 7.95. The van der Waals surface area contributed by atoms with Crippen LogP contribution in [-0.4, -0.2) is 134 Å². The van der Waals surface area contributed by atoms with Crippen molar-refractivity contribution in [3.05, 3.63) is 0 Å². The van der Waals surface area contributed by atoms with Crippen LogP contribution in [0.2, 0.25) is 0 Å². The Balaban J connectivity index is 2.32. The van der Waals surface area contributed by atoms with E-state index >= 15 is 0 Å². The average Bonchev–Trinajstić information content (AvgIpc) is 2.76. The number of carbonyl (C=O) groups excluding carboxylic acids is 1. The Morgan fingerprint density at radius 2 is 1.52 bits per heavy atom. The molecule has 33 heavy (non-hydrogen) atoms. The molecule has 2 fully saturated rings. The van der Waals surface area contributed by atoms with Crippen molar-refractivity contribution in [2.45, 2.75) is 87.3 Å². The maximum absolute atomic E-state index is 11.8. The van der Waals surface area contributed by atoms with Crippen LogP contribution in [0.3, 0.4) is 0 Å². The molecule has 0 aliphatic carbocycles. The molecule has 10 N–H and O–H groups in total. The molecule has 15 nitrogen and oxygen atoms in total. The Labute approximate surface area is 188 Å². The number of rotatable bonds is 9. The van der Waals surface area contributed by atoms with Crippen molar-refractivity contribution >= 4 is 11.9 Å². The highest BCUT2D eigenvalue weighted by Crippen LogP contribution is 2.30. The smallest absolute Gasteiger partial charge is 0.323 e. The van der Waals surface area contributed by atoms with Crippen LogP contribution < -0.4 is 11.1 Å². The summed E-state index contributed by atoms with van der Waals surface area (Å²) >= 11 is 0. The molecule has 2 heterocycles. The van der Waals surface area contributed by atoms with Crippen LogP contribution in [0.5, 0.6) is 0 Å². The van der Waals surface area contributed by atoms with Crippen molar-refractivity contribution in [1.29, 1.82) is 0 Å². The third-order valence-corrected chi connectivity index (χ3v) is 5.50. The van der Waals surface area contributed by atoms with Gasteiger partial charge in [0.05, 0.1) is 19.3 Å². The first-order chi connectivity index (χ1) is 15.4. The predicted octanol–water partition coefficient (Wildman–Crippen LogP) is -5.43. The monoisotopic (exact) mass is 484 g/mol. The molecular weight excluding hydrogens is 452 g/mol. The number of aliphatic carboxylic acids is 1. The van der Waals surface area contributed by atoms with Crippen LogP contribution in [-0.2, 0) is 28.5 Å².